The van der Waals surface area contributed by atoms with Gasteiger partial charge in [-0.05, 0) is 48.7 Å². The number of fused-ring (bicyclic) bond motifs is 1. The van der Waals surface area contributed by atoms with Crippen LogP contribution in [0.25, 0.3) is 11.1 Å². The van der Waals surface area contributed by atoms with Gasteiger partial charge < -0.3 is 20.1 Å². The van der Waals surface area contributed by atoms with E-state index in [4.69, 9.17) is 4.74 Å². The van der Waals surface area contributed by atoms with Crippen LogP contribution in [0.2, 0.25) is 0 Å². The number of carbonyl (C=O) groups is 1. The van der Waals surface area contributed by atoms with Crippen LogP contribution < -0.4 is 10.1 Å². The van der Waals surface area contributed by atoms with Crippen LogP contribution in [0.1, 0.15) is 17.5 Å². The van der Waals surface area contributed by atoms with Crippen molar-refractivity contribution >= 4 is 18.3 Å². The summed E-state index contributed by atoms with van der Waals surface area (Å²) in [5.74, 6) is 0.858. The Labute approximate surface area is 165 Å². The molecule has 2 aromatic carbocycles. The third-order valence-corrected chi connectivity index (χ3v) is 5.29. The Kier molecular flexibility index (Phi) is 5.92. The van der Waals surface area contributed by atoms with Crippen LogP contribution in [0.3, 0.4) is 0 Å². The fourth-order valence-electron chi connectivity index (χ4n) is 3.86. The summed E-state index contributed by atoms with van der Waals surface area (Å²) in [6, 6.07) is 11.9. The molecule has 5 nitrogen and oxygen atoms in total. The fraction of sp³-hybridized carbons (Fsp3) is 0.381. The number of aryl methyl sites for hydroxylation is 1. The summed E-state index contributed by atoms with van der Waals surface area (Å²) < 4.78 is 5.78. The number of ether oxygens (including phenoxy) is 1. The lowest BCUT2D eigenvalue weighted by Gasteiger charge is -2.23. The molecule has 0 bridgehead atoms. The number of nitrogens with one attached hydrogen (secondary N) is 1. The van der Waals surface area contributed by atoms with Crippen LogP contribution in [0.4, 0.5) is 0 Å². The van der Waals surface area contributed by atoms with Crippen molar-refractivity contribution in [3.8, 4) is 22.6 Å². The first-order valence-corrected chi connectivity index (χ1v) is 9.17. The Hall–Kier alpha value is -2.24. The van der Waals surface area contributed by atoms with Gasteiger partial charge in [0.2, 0.25) is 5.91 Å². The van der Waals surface area contributed by atoms with E-state index < -0.39 is 0 Å². The topological polar surface area (TPSA) is 61.8 Å². The molecule has 2 N–H and O–H groups in total. The monoisotopic (exact) mass is 388 g/mol. The average Bonchev–Trinajstić information content (AvgIpc) is 3.08. The van der Waals surface area contributed by atoms with Crippen LogP contribution in [-0.2, 0) is 11.3 Å². The summed E-state index contributed by atoms with van der Waals surface area (Å²) in [5.41, 5.74) is 4.03. The van der Waals surface area contributed by atoms with Crippen LogP contribution in [0.15, 0.2) is 36.4 Å². The van der Waals surface area contributed by atoms with Gasteiger partial charge in [-0.2, -0.15) is 0 Å². The fourth-order valence-corrected chi connectivity index (χ4v) is 3.86. The lowest BCUT2D eigenvalue weighted by atomic mass is 9.97. The highest BCUT2D eigenvalue weighted by Crippen LogP contribution is 2.38. The normalized spacial score (nSPS) is 18.9. The maximum absolute atomic E-state index is 12.8. The van der Waals surface area contributed by atoms with Crippen LogP contribution in [0.5, 0.6) is 11.5 Å². The second kappa shape index (κ2) is 8.19. The predicted octanol–water partition coefficient (Wildman–Crippen LogP) is 3.12. The standard InChI is InChI=1S/C21H24N2O3.ClH/c1-14-4-2-3-5-18(14)16-10-17-13-23(21(25)15-6-7-22-12-15)8-9-26-20(17)19(24)11-16;/h2-5,10-11,15,22,24H,6-9,12-13H2,1H3;1H. The molecule has 1 amide bonds. The molecule has 2 heterocycles. The quantitative estimate of drug-likeness (QED) is 0.829. The summed E-state index contributed by atoms with van der Waals surface area (Å²) in [6.45, 7) is 5.11. The van der Waals surface area contributed by atoms with Crippen molar-refractivity contribution in [1.82, 2.24) is 10.2 Å². The maximum atomic E-state index is 12.8. The number of aromatic hydroxyl groups is 1. The Morgan fingerprint density at radius 3 is 2.85 bits per heavy atom. The van der Waals surface area contributed by atoms with Crippen LogP contribution >= 0.6 is 12.4 Å². The number of hydrogen-bond acceptors (Lipinski definition) is 4. The van der Waals surface area contributed by atoms with Crippen LogP contribution in [0, 0.1) is 12.8 Å². The SMILES string of the molecule is Cc1ccccc1-c1cc(O)c2c(c1)CN(C(=O)C1CCNC1)CCO2.Cl. The molecule has 1 atom stereocenters. The molecule has 27 heavy (non-hydrogen) atoms. The zero-order valence-corrected chi connectivity index (χ0v) is 16.2. The first kappa shape index (κ1) is 19.5. The highest BCUT2D eigenvalue weighted by Gasteiger charge is 2.29. The molecule has 2 aliphatic rings. The van der Waals surface area contributed by atoms with Gasteiger partial charge in [0.1, 0.15) is 6.61 Å². The number of amides is 1. The number of hydrogen-bond donors (Lipinski definition) is 2. The van der Waals surface area contributed by atoms with Gasteiger partial charge in [-0.15, -0.1) is 12.4 Å². The molecular formula is C21H25ClN2O3. The minimum Gasteiger partial charge on any atom is -0.504 e. The Morgan fingerprint density at radius 2 is 2.11 bits per heavy atom. The highest BCUT2D eigenvalue weighted by atomic mass is 35.5. The molecule has 2 aromatic rings. The van der Waals surface area contributed by atoms with Crippen molar-refractivity contribution in [2.24, 2.45) is 5.92 Å². The number of rotatable bonds is 2. The lowest BCUT2D eigenvalue weighted by Crippen LogP contribution is -2.37. The molecule has 0 aromatic heterocycles. The summed E-state index contributed by atoms with van der Waals surface area (Å²) >= 11 is 0. The molecular weight excluding hydrogens is 364 g/mol. The molecule has 1 fully saturated rings. The van der Waals surface area contributed by atoms with Crippen molar-refractivity contribution < 1.29 is 14.6 Å². The molecule has 0 radical (unpaired) electrons. The van der Waals surface area contributed by atoms with Gasteiger partial charge in [-0.25, -0.2) is 0 Å². The van der Waals surface area contributed by atoms with Gasteiger partial charge >= 0.3 is 0 Å². The molecule has 1 unspecified atom stereocenters. The average molecular weight is 389 g/mol. The Bertz CT molecular complexity index is 834. The van der Waals surface area contributed by atoms with Gasteiger partial charge in [-0.1, -0.05) is 24.3 Å². The first-order valence-electron chi connectivity index (χ1n) is 9.17. The third-order valence-electron chi connectivity index (χ3n) is 5.29. The van der Waals surface area contributed by atoms with Crippen molar-refractivity contribution in [3.63, 3.8) is 0 Å². The molecule has 1 saturated heterocycles. The molecule has 144 valence electrons. The number of carbonyl (C=O) groups excluding carboxylic acids is 1. The second-order valence-electron chi connectivity index (χ2n) is 7.10. The minimum atomic E-state index is 0. The summed E-state index contributed by atoms with van der Waals surface area (Å²) in [6.07, 6.45) is 0.886. The molecule has 4 rings (SSSR count). The maximum Gasteiger partial charge on any atom is 0.227 e. The zero-order valence-electron chi connectivity index (χ0n) is 15.4. The lowest BCUT2D eigenvalue weighted by molar-refractivity contribution is -0.135. The Morgan fingerprint density at radius 1 is 1.30 bits per heavy atom. The summed E-state index contributed by atoms with van der Waals surface area (Å²) in [4.78, 5) is 14.7. The van der Waals surface area contributed by atoms with Crippen LogP contribution in [-0.4, -0.2) is 42.2 Å². The van der Waals surface area contributed by atoms with E-state index in [9.17, 15) is 9.90 Å². The van der Waals surface area contributed by atoms with E-state index in [1.807, 2.05) is 29.2 Å². The number of nitrogens with zero attached hydrogens (tertiary/aromatic N) is 1. The van der Waals surface area contributed by atoms with E-state index >= 15 is 0 Å². The minimum absolute atomic E-state index is 0. The molecule has 2 aliphatic heterocycles. The van der Waals surface area contributed by atoms with Crippen molar-refractivity contribution in [2.45, 2.75) is 19.9 Å². The van der Waals surface area contributed by atoms with Crippen molar-refractivity contribution in [2.75, 3.05) is 26.2 Å². The van der Waals surface area contributed by atoms with E-state index in [2.05, 4.69) is 18.3 Å². The molecule has 0 spiro atoms. The van der Waals surface area contributed by atoms with E-state index in [1.165, 1.54) is 0 Å². The van der Waals surface area contributed by atoms with Gasteiger partial charge in [0, 0.05) is 18.7 Å². The summed E-state index contributed by atoms with van der Waals surface area (Å²) in [5, 5.41) is 13.8. The predicted molar refractivity (Wildman–Crippen MR) is 107 cm³/mol. The van der Waals surface area contributed by atoms with Gasteiger partial charge in [-0.3, -0.25) is 4.79 Å². The molecule has 0 saturated carbocycles. The number of benzene rings is 2. The van der Waals surface area contributed by atoms with Gasteiger partial charge in [0.05, 0.1) is 12.5 Å². The highest BCUT2D eigenvalue weighted by molar-refractivity contribution is 5.85. The third kappa shape index (κ3) is 3.89. The molecule has 0 aliphatic carbocycles. The van der Waals surface area contributed by atoms with E-state index in [-0.39, 0.29) is 30.0 Å². The largest absolute Gasteiger partial charge is 0.504 e. The van der Waals surface area contributed by atoms with Gasteiger partial charge in [0.15, 0.2) is 11.5 Å². The smallest absolute Gasteiger partial charge is 0.227 e. The van der Waals surface area contributed by atoms with Crippen molar-refractivity contribution in [1.29, 1.82) is 0 Å². The number of halogens is 1. The number of phenols is 1. The molecule has 6 heteroatoms. The zero-order chi connectivity index (χ0) is 18.1. The van der Waals surface area contributed by atoms with Crippen molar-refractivity contribution in [3.05, 3.63) is 47.5 Å². The summed E-state index contributed by atoms with van der Waals surface area (Å²) in [7, 11) is 0. The van der Waals surface area contributed by atoms with E-state index in [0.717, 1.165) is 41.8 Å². The van der Waals surface area contributed by atoms with E-state index in [0.29, 0.717) is 25.4 Å². The first-order chi connectivity index (χ1) is 12.6. The van der Waals surface area contributed by atoms with E-state index in [1.54, 1.807) is 6.07 Å². The Balaban J connectivity index is 0.00000210. The second-order valence-corrected chi connectivity index (χ2v) is 7.10. The van der Waals surface area contributed by atoms with Gasteiger partial charge in [0.25, 0.3) is 0 Å². The number of phenolic OH excluding ortho intramolecular Hbond substituents is 1.